The molecular formula is C19H18N4O4. The van der Waals surface area contributed by atoms with Crippen LogP contribution in [0, 0.1) is 16.7 Å². The van der Waals surface area contributed by atoms with Crippen molar-refractivity contribution >= 4 is 17.7 Å². The lowest BCUT2D eigenvalue weighted by Crippen LogP contribution is -2.45. The molecule has 0 spiro atoms. The van der Waals surface area contributed by atoms with Crippen LogP contribution in [0.2, 0.25) is 0 Å². The first-order valence-electron chi connectivity index (χ1n) is 8.25. The van der Waals surface area contributed by atoms with Crippen molar-refractivity contribution in [2.75, 3.05) is 7.11 Å². The van der Waals surface area contributed by atoms with E-state index < -0.39 is 35.3 Å². The van der Waals surface area contributed by atoms with Crippen molar-refractivity contribution in [1.29, 1.82) is 5.26 Å². The van der Waals surface area contributed by atoms with Crippen LogP contribution in [0.25, 0.3) is 0 Å². The molecule has 3 rings (SSSR count). The average molecular weight is 366 g/mol. The summed E-state index contributed by atoms with van der Waals surface area (Å²) < 4.78 is 4.95. The first-order valence-corrected chi connectivity index (χ1v) is 8.25. The third-order valence-electron chi connectivity index (χ3n) is 5.11. The fourth-order valence-electron chi connectivity index (χ4n) is 3.95. The largest absolute Gasteiger partial charge is 0.468 e. The molecule has 2 N–H and O–H groups in total. The number of nitriles is 1. The highest BCUT2D eigenvalue weighted by atomic mass is 16.5. The van der Waals surface area contributed by atoms with Gasteiger partial charge in [-0.05, 0) is 18.6 Å². The van der Waals surface area contributed by atoms with Crippen molar-refractivity contribution in [1.82, 2.24) is 9.88 Å². The van der Waals surface area contributed by atoms with Gasteiger partial charge in [-0.25, -0.2) is 0 Å². The van der Waals surface area contributed by atoms with Gasteiger partial charge in [-0.2, -0.15) is 5.26 Å². The number of amides is 1. The number of allylic oxidation sites excluding steroid dienone is 2. The van der Waals surface area contributed by atoms with Crippen LogP contribution in [0.1, 0.15) is 18.4 Å². The van der Waals surface area contributed by atoms with E-state index in [9.17, 15) is 19.6 Å². The summed E-state index contributed by atoms with van der Waals surface area (Å²) in [5.74, 6) is -2.62. The molecule has 0 unspecified atom stereocenters. The van der Waals surface area contributed by atoms with Crippen molar-refractivity contribution in [3.05, 3.63) is 54.0 Å². The molecule has 0 aromatic carbocycles. The molecule has 8 heteroatoms. The zero-order valence-electron chi connectivity index (χ0n) is 14.8. The average Bonchev–Trinajstić information content (AvgIpc) is 2.98. The smallest absolute Gasteiger partial charge is 0.329 e. The van der Waals surface area contributed by atoms with Crippen molar-refractivity contribution < 1.29 is 19.1 Å². The summed E-state index contributed by atoms with van der Waals surface area (Å²) in [6, 6.07) is 3.57. The lowest BCUT2D eigenvalue weighted by molar-refractivity contribution is -0.150. The zero-order valence-corrected chi connectivity index (χ0v) is 14.8. The molecular weight excluding hydrogens is 348 g/mol. The van der Waals surface area contributed by atoms with Gasteiger partial charge in [0.2, 0.25) is 5.91 Å². The number of esters is 1. The number of pyridine rings is 1. The highest BCUT2D eigenvalue weighted by Gasteiger charge is 2.66. The van der Waals surface area contributed by atoms with Crippen molar-refractivity contribution in [2.45, 2.75) is 24.9 Å². The van der Waals surface area contributed by atoms with Crippen LogP contribution in [0.4, 0.5) is 0 Å². The Kier molecular flexibility index (Phi) is 4.54. The predicted octanol–water partition coefficient (Wildman–Crippen LogP) is 0.429. The number of methoxy groups -OCH3 is 1. The summed E-state index contributed by atoms with van der Waals surface area (Å²) in [6.07, 6.45) is 7.64. The van der Waals surface area contributed by atoms with Gasteiger partial charge >= 0.3 is 5.97 Å². The number of ketones is 1. The number of carbonyl (C=O) groups is 3. The van der Waals surface area contributed by atoms with Crippen LogP contribution in [-0.2, 0) is 19.1 Å². The van der Waals surface area contributed by atoms with E-state index in [2.05, 4.69) is 11.1 Å². The van der Waals surface area contributed by atoms with E-state index in [4.69, 9.17) is 10.5 Å². The van der Waals surface area contributed by atoms with Crippen LogP contribution in [0.3, 0.4) is 0 Å². The molecule has 0 saturated carbocycles. The molecule has 4 atom stereocenters. The lowest BCUT2D eigenvalue weighted by atomic mass is 9.69. The molecule has 27 heavy (non-hydrogen) atoms. The third-order valence-corrected chi connectivity index (χ3v) is 5.11. The number of carbonyl (C=O) groups excluding carboxylic acids is 3. The van der Waals surface area contributed by atoms with E-state index >= 15 is 0 Å². The molecule has 1 fully saturated rings. The number of primary amides is 1. The SMILES string of the molecule is COC(=O)[C@@]1(C#N)[C@@H]2C=CC(C(C)=O)=CN2[C@@H](C(N)=O)[C@@H]1c1cccnc1. The predicted molar refractivity (Wildman–Crippen MR) is 93.6 cm³/mol. The lowest BCUT2D eigenvalue weighted by Gasteiger charge is -2.32. The monoisotopic (exact) mass is 366 g/mol. The second-order valence-corrected chi connectivity index (χ2v) is 6.48. The summed E-state index contributed by atoms with van der Waals surface area (Å²) >= 11 is 0. The molecule has 1 saturated heterocycles. The van der Waals surface area contributed by atoms with Gasteiger partial charge in [0.25, 0.3) is 0 Å². The van der Waals surface area contributed by atoms with Crippen LogP contribution in [0.15, 0.2) is 48.5 Å². The number of rotatable bonds is 4. The number of nitrogens with two attached hydrogens (primary N) is 1. The molecule has 2 aliphatic heterocycles. The van der Waals surface area contributed by atoms with Crippen LogP contribution in [0.5, 0.6) is 0 Å². The van der Waals surface area contributed by atoms with E-state index in [1.165, 1.54) is 31.3 Å². The number of aromatic nitrogens is 1. The molecule has 8 nitrogen and oxygen atoms in total. The normalized spacial score (nSPS) is 28.7. The number of nitrogens with zero attached hydrogens (tertiary/aromatic N) is 3. The highest BCUT2D eigenvalue weighted by molar-refractivity contribution is 5.97. The Morgan fingerprint density at radius 3 is 2.67 bits per heavy atom. The van der Waals surface area contributed by atoms with Crippen LogP contribution >= 0.6 is 0 Å². The van der Waals surface area contributed by atoms with Crippen molar-refractivity contribution in [3.8, 4) is 6.07 Å². The summed E-state index contributed by atoms with van der Waals surface area (Å²) in [4.78, 5) is 42.6. The first kappa shape index (κ1) is 18.3. The summed E-state index contributed by atoms with van der Waals surface area (Å²) in [6.45, 7) is 1.39. The molecule has 0 bridgehead atoms. The summed E-state index contributed by atoms with van der Waals surface area (Å²) in [5.41, 5.74) is 4.80. The van der Waals surface area contributed by atoms with Gasteiger partial charge in [0.05, 0.1) is 19.2 Å². The number of Topliss-reactive ketones (excluding diaryl/α,β-unsaturated/α-hetero) is 1. The van der Waals surface area contributed by atoms with E-state index in [1.807, 2.05) is 0 Å². The number of ether oxygens (including phenoxy) is 1. The molecule has 0 radical (unpaired) electrons. The van der Waals surface area contributed by atoms with Gasteiger partial charge in [0.15, 0.2) is 11.2 Å². The summed E-state index contributed by atoms with van der Waals surface area (Å²) in [5, 5.41) is 10.1. The van der Waals surface area contributed by atoms with Crippen LogP contribution in [-0.4, -0.2) is 46.7 Å². The third kappa shape index (κ3) is 2.59. The maximum absolute atomic E-state index is 12.8. The number of hydrogen-bond donors (Lipinski definition) is 1. The van der Waals surface area contributed by atoms with E-state index in [0.717, 1.165) is 0 Å². The Hall–Kier alpha value is -3.47. The Morgan fingerprint density at radius 2 is 2.15 bits per heavy atom. The van der Waals surface area contributed by atoms with Gasteiger partial charge in [-0.1, -0.05) is 18.2 Å². The first-order chi connectivity index (χ1) is 12.9. The second-order valence-electron chi connectivity index (χ2n) is 6.48. The second kappa shape index (κ2) is 6.68. The fourth-order valence-corrected chi connectivity index (χ4v) is 3.95. The Balaban J connectivity index is 2.29. The van der Waals surface area contributed by atoms with Crippen LogP contribution < -0.4 is 5.73 Å². The summed E-state index contributed by atoms with van der Waals surface area (Å²) in [7, 11) is 1.19. The van der Waals surface area contributed by atoms with E-state index in [1.54, 1.807) is 30.5 Å². The number of hydrogen-bond acceptors (Lipinski definition) is 7. The standard InChI is InChI=1S/C19H18N4O4/c1-11(24)13-5-6-14-19(10-20,18(26)27-2)15(12-4-3-7-22-8-12)16(17(21)25)23(14)9-13/h3-9,14-16H,1-2H3,(H2,21,25)/t14-,15-,16+,19-/m0/s1. The maximum atomic E-state index is 12.8. The zero-order chi connectivity index (χ0) is 19.8. The van der Waals surface area contributed by atoms with Gasteiger partial charge in [0.1, 0.15) is 6.04 Å². The Bertz CT molecular complexity index is 902. The fraction of sp³-hybridized carbons (Fsp3) is 0.316. The molecule has 1 aromatic rings. The van der Waals surface area contributed by atoms with Crippen molar-refractivity contribution in [2.24, 2.45) is 11.1 Å². The Labute approximate surface area is 155 Å². The number of fused-ring (bicyclic) bond motifs is 1. The van der Waals surface area contributed by atoms with Gasteiger partial charge in [0, 0.05) is 30.1 Å². The van der Waals surface area contributed by atoms with Crippen molar-refractivity contribution in [3.63, 3.8) is 0 Å². The maximum Gasteiger partial charge on any atom is 0.329 e. The van der Waals surface area contributed by atoms with E-state index in [-0.39, 0.29) is 5.78 Å². The van der Waals surface area contributed by atoms with Gasteiger partial charge in [-0.15, -0.1) is 0 Å². The topological polar surface area (TPSA) is 126 Å². The quantitative estimate of drug-likeness (QED) is 0.766. The van der Waals surface area contributed by atoms with Gasteiger partial charge < -0.3 is 15.4 Å². The molecule has 1 amide bonds. The van der Waals surface area contributed by atoms with E-state index in [0.29, 0.717) is 11.1 Å². The highest BCUT2D eigenvalue weighted by Crippen LogP contribution is 2.53. The molecule has 0 aliphatic carbocycles. The molecule has 2 aliphatic rings. The Morgan fingerprint density at radius 1 is 1.41 bits per heavy atom. The molecule has 3 heterocycles. The molecule has 1 aromatic heterocycles. The minimum absolute atomic E-state index is 0.210. The van der Waals surface area contributed by atoms with Gasteiger partial charge in [-0.3, -0.25) is 19.4 Å². The molecule has 138 valence electrons. The minimum Gasteiger partial charge on any atom is -0.468 e. The minimum atomic E-state index is -1.73.